The highest BCUT2D eigenvalue weighted by Gasteiger charge is 2.44. The molecule has 29 heavy (non-hydrogen) atoms. The third-order valence-electron chi connectivity index (χ3n) is 5.11. The zero-order valence-electron chi connectivity index (χ0n) is 15.6. The summed E-state index contributed by atoms with van der Waals surface area (Å²) in [5.74, 6) is 0.569. The number of aromatic nitrogens is 4. The Bertz CT molecular complexity index is 982. The lowest BCUT2D eigenvalue weighted by atomic mass is 10.1. The minimum absolute atomic E-state index is 0.100. The number of anilines is 1. The molecule has 0 radical (unpaired) electrons. The highest BCUT2D eigenvalue weighted by Crippen LogP contribution is 2.32. The maximum Gasteiger partial charge on any atom is 0.167 e. The van der Waals surface area contributed by atoms with Crippen molar-refractivity contribution in [1.82, 2.24) is 19.5 Å². The van der Waals surface area contributed by atoms with Crippen molar-refractivity contribution in [2.45, 2.75) is 50.3 Å². The van der Waals surface area contributed by atoms with Gasteiger partial charge in [0, 0.05) is 17.3 Å². The molecule has 0 aromatic carbocycles. The van der Waals surface area contributed by atoms with Crippen molar-refractivity contribution in [1.29, 1.82) is 0 Å². The molecule has 3 aromatic heterocycles. The van der Waals surface area contributed by atoms with Gasteiger partial charge in [-0.15, -0.1) is 11.3 Å². The standard InChI is InChI=1S/C18H22ClN5O4S/c1-2-9(5-12-10(19)3-4-29-12)23-16-13-17(21-7-20-16)24(8-22-13)18-15(27)14(26)11(6-25)28-18/h3-4,7-9,11,14-15,18,25-27H,2,5-6H2,1H3,(H,20,21,23)/t9?,11-,14?,15?,18-/m1/s1. The third-order valence-corrected chi connectivity index (χ3v) is 6.52. The number of nitrogens with zero attached hydrogens (tertiary/aromatic N) is 4. The van der Waals surface area contributed by atoms with Crippen LogP contribution in [0.4, 0.5) is 5.82 Å². The van der Waals surface area contributed by atoms with Crippen molar-refractivity contribution in [2.75, 3.05) is 11.9 Å². The molecular weight excluding hydrogens is 418 g/mol. The minimum atomic E-state index is -1.21. The van der Waals surface area contributed by atoms with Crippen molar-refractivity contribution in [3.8, 4) is 0 Å². The molecule has 11 heteroatoms. The first kappa shape index (κ1) is 20.5. The number of aliphatic hydroxyl groups is 3. The van der Waals surface area contributed by atoms with Gasteiger partial charge in [0.15, 0.2) is 23.2 Å². The van der Waals surface area contributed by atoms with Crippen LogP contribution >= 0.6 is 22.9 Å². The molecule has 0 spiro atoms. The van der Waals surface area contributed by atoms with Gasteiger partial charge in [0.1, 0.15) is 24.6 Å². The van der Waals surface area contributed by atoms with Crippen LogP contribution in [0.2, 0.25) is 5.02 Å². The molecule has 1 aliphatic heterocycles. The van der Waals surface area contributed by atoms with Gasteiger partial charge in [0.2, 0.25) is 0 Å². The fourth-order valence-electron chi connectivity index (χ4n) is 3.44. The van der Waals surface area contributed by atoms with Gasteiger partial charge in [-0.05, 0) is 17.9 Å². The SMILES string of the molecule is CCC(Cc1sccc1Cl)Nc1ncnc2c1ncn2[C@@H]1O[C@H](CO)C(O)C1O. The van der Waals surface area contributed by atoms with Crippen molar-refractivity contribution in [3.05, 3.63) is 34.0 Å². The molecule has 9 nitrogen and oxygen atoms in total. The van der Waals surface area contributed by atoms with Crippen LogP contribution in [0.15, 0.2) is 24.1 Å². The van der Waals surface area contributed by atoms with Gasteiger partial charge in [-0.2, -0.15) is 0 Å². The lowest BCUT2D eigenvalue weighted by Crippen LogP contribution is -2.33. The Hall–Kier alpha value is -1.82. The zero-order chi connectivity index (χ0) is 20.5. The Morgan fingerprint density at radius 1 is 1.31 bits per heavy atom. The van der Waals surface area contributed by atoms with E-state index in [1.165, 1.54) is 12.7 Å². The van der Waals surface area contributed by atoms with Gasteiger partial charge < -0.3 is 25.4 Å². The maximum absolute atomic E-state index is 10.3. The summed E-state index contributed by atoms with van der Waals surface area (Å²) in [5, 5.41) is 35.8. The molecule has 1 fully saturated rings. The number of thiophene rings is 1. The summed E-state index contributed by atoms with van der Waals surface area (Å²) in [7, 11) is 0. The molecule has 0 bridgehead atoms. The van der Waals surface area contributed by atoms with Crippen LogP contribution in [-0.4, -0.2) is 65.8 Å². The van der Waals surface area contributed by atoms with E-state index in [0.29, 0.717) is 17.0 Å². The first-order chi connectivity index (χ1) is 14.0. The normalized spacial score (nSPS) is 25.6. The molecule has 4 heterocycles. The Morgan fingerprint density at radius 2 is 2.14 bits per heavy atom. The van der Waals surface area contributed by atoms with E-state index in [1.807, 2.05) is 11.4 Å². The third kappa shape index (κ3) is 3.83. The molecule has 156 valence electrons. The summed E-state index contributed by atoms with van der Waals surface area (Å²) in [6.45, 7) is 1.68. The second-order valence-corrected chi connectivity index (χ2v) is 8.33. The smallest absolute Gasteiger partial charge is 0.167 e. The Morgan fingerprint density at radius 3 is 2.79 bits per heavy atom. The summed E-state index contributed by atoms with van der Waals surface area (Å²) in [6.07, 6.45) is 0.344. The van der Waals surface area contributed by atoms with E-state index in [0.717, 1.165) is 22.7 Å². The molecular formula is C18H22ClN5O4S. The van der Waals surface area contributed by atoms with Gasteiger partial charge in [0.05, 0.1) is 18.0 Å². The summed E-state index contributed by atoms with van der Waals surface area (Å²) in [4.78, 5) is 14.1. The second kappa shape index (κ2) is 8.50. The molecule has 0 aliphatic carbocycles. The van der Waals surface area contributed by atoms with Gasteiger partial charge in [-0.3, -0.25) is 4.57 Å². The van der Waals surface area contributed by atoms with Gasteiger partial charge >= 0.3 is 0 Å². The molecule has 0 amide bonds. The number of hydrogen-bond acceptors (Lipinski definition) is 9. The fraction of sp³-hybridized carbons (Fsp3) is 0.500. The molecule has 4 N–H and O–H groups in total. The number of nitrogens with one attached hydrogen (secondary N) is 1. The summed E-state index contributed by atoms with van der Waals surface area (Å²) < 4.78 is 7.14. The summed E-state index contributed by atoms with van der Waals surface area (Å²) in [6, 6.07) is 1.99. The largest absolute Gasteiger partial charge is 0.394 e. The number of halogens is 1. The second-order valence-electron chi connectivity index (χ2n) is 6.92. The molecule has 4 rings (SSSR count). The van der Waals surface area contributed by atoms with Crippen LogP contribution in [0.5, 0.6) is 0 Å². The maximum atomic E-state index is 10.3. The Balaban J connectivity index is 1.60. The molecule has 0 saturated carbocycles. The van der Waals surface area contributed by atoms with Gasteiger partial charge in [0.25, 0.3) is 0 Å². The fourth-order valence-corrected chi connectivity index (χ4v) is 4.63. The van der Waals surface area contributed by atoms with E-state index < -0.39 is 31.1 Å². The number of hydrogen-bond donors (Lipinski definition) is 4. The Kier molecular flexibility index (Phi) is 6.00. The van der Waals surface area contributed by atoms with E-state index in [1.54, 1.807) is 15.9 Å². The molecule has 1 saturated heterocycles. The number of imidazole rings is 1. The van der Waals surface area contributed by atoms with Crippen LogP contribution < -0.4 is 5.32 Å². The number of ether oxygens (including phenoxy) is 1. The van der Waals surface area contributed by atoms with E-state index >= 15 is 0 Å². The molecule has 3 aromatic rings. The predicted molar refractivity (Wildman–Crippen MR) is 109 cm³/mol. The van der Waals surface area contributed by atoms with Crippen molar-refractivity contribution in [2.24, 2.45) is 0 Å². The zero-order valence-corrected chi connectivity index (χ0v) is 17.2. The van der Waals surface area contributed by atoms with Crippen LogP contribution in [0, 0.1) is 0 Å². The van der Waals surface area contributed by atoms with Crippen molar-refractivity contribution >= 4 is 39.9 Å². The first-order valence-electron chi connectivity index (χ1n) is 9.31. The van der Waals surface area contributed by atoms with E-state index in [9.17, 15) is 15.3 Å². The topological polar surface area (TPSA) is 126 Å². The van der Waals surface area contributed by atoms with E-state index in [4.69, 9.17) is 16.3 Å². The Labute approximate surface area is 176 Å². The van der Waals surface area contributed by atoms with E-state index in [2.05, 4.69) is 27.2 Å². The predicted octanol–water partition coefficient (Wildman–Crippen LogP) is 1.59. The first-order valence-corrected chi connectivity index (χ1v) is 10.6. The van der Waals surface area contributed by atoms with Crippen LogP contribution in [0.1, 0.15) is 24.4 Å². The number of aliphatic hydroxyl groups excluding tert-OH is 3. The summed E-state index contributed by atoms with van der Waals surface area (Å²) in [5.41, 5.74) is 0.988. The number of fused-ring (bicyclic) bond motifs is 1. The van der Waals surface area contributed by atoms with Crippen LogP contribution in [-0.2, 0) is 11.2 Å². The van der Waals surface area contributed by atoms with Crippen molar-refractivity contribution < 1.29 is 20.1 Å². The van der Waals surface area contributed by atoms with E-state index in [-0.39, 0.29) is 6.04 Å². The molecule has 3 unspecified atom stereocenters. The quantitative estimate of drug-likeness (QED) is 0.437. The average molecular weight is 440 g/mol. The lowest BCUT2D eigenvalue weighted by Gasteiger charge is -2.18. The summed E-state index contributed by atoms with van der Waals surface area (Å²) >= 11 is 7.85. The lowest BCUT2D eigenvalue weighted by molar-refractivity contribution is -0.0511. The van der Waals surface area contributed by atoms with Crippen LogP contribution in [0.3, 0.4) is 0 Å². The number of rotatable bonds is 7. The van der Waals surface area contributed by atoms with Gasteiger partial charge in [-0.25, -0.2) is 15.0 Å². The monoisotopic (exact) mass is 439 g/mol. The highest BCUT2D eigenvalue weighted by molar-refractivity contribution is 7.10. The van der Waals surface area contributed by atoms with Crippen molar-refractivity contribution in [3.63, 3.8) is 0 Å². The molecule has 1 aliphatic rings. The average Bonchev–Trinajstić information content (AvgIpc) is 3.41. The highest BCUT2D eigenvalue weighted by atomic mass is 35.5. The minimum Gasteiger partial charge on any atom is -0.394 e. The van der Waals surface area contributed by atoms with Gasteiger partial charge in [-0.1, -0.05) is 18.5 Å². The van der Waals surface area contributed by atoms with Crippen LogP contribution in [0.25, 0.3) is 11.2 Å². The molecule has 5 atom stereocenters.